The van der Waals surface area contributed by atoms with Gasteiger partial charge in [0.25, 0.3) is 0 Å². The molecule has 0 spiro atoms. The van der Waals surface area contributed by atoms with E-state index < -0.39 is 38.6 Å². The lowest BCUT2D eigenvalue weighted by molar-refractivity contribution is -0.137. The minimum absolute atomic E-state index is 0.0351. The summed E-state index contributed by atoms with van der Waals surface area (Å²) in [5, 5.41) is 2.24. The summed E-state index contributed by atoms with van der Waals surface area (Å²) in [6.07, 6.45) is -4.25. The molecule has 0 unspecified atom stereocenters. The van der Waals surface area contributed by atoms with Crippen LogP contribution in [0, 0.1) is 5.92 Å². The van der Waals surface area contributed by atoms with Gasteiger partial charge in [0.2, 0.25) is 15.9 Å². The molecule has 12 heteroatoms. The normalized spacial score (nSPS) is 15.9. The molecule has 1 aliphatic heterocycles. The van der Waals surface area contributed by atoms with Gasteiger partial charge in [-0.05, 0) is 56.2 Å². The lowest BCUT2D eigenvalue weighted by Crippen LogP contribution is -2.41. The Balaban J connectivity index is 1.69. The Morgan fingerprint density at radius 3 is 2.42 bits per heavy atom. The Morgan fingerprint density at radius 1 is 1.15 bits per heavy atom. The van der Waals surface area contributed by atoms with Crippen LogP contribution < -0.4 is 10.1 Å². The van der Waals surface area contributed by atoms with Gasteiger partial charge in [0, 0.05) is 29.7 Å². The number of hydrogen-bond acceptors (Lipinski definition) is 4. The van der Waals surface area contributed by atoms with Crippen LogP contribution in [0.1, 0.15) is 25.3 Å². The number of benzene rings is 2. The number of sulfonamides is 1. The van der Waals surface area contributed by atoms with Gasteiger partial charge >= 0.3 is 6.18 Å². The maximum Gasteiger partial charge on any atom is 0.417 e. The van der Waals surface area contributed by atoms with E-state index in [2.05, 4.69) is 5.32 Å². The number of nitrogens with zero attached hydrogens (tertiary/aromatic N) is 1. The molecule has 0 aliphatic carbocycles. The van der Waals surface area contributed by atoms with Crippen LogP contribution in [0.25, 0.3) is 0 Å². The average Bonchev–Trinajstić information content (AvgIpc) is 2.75. The van der Waals surface area contributed by atoms with Gasteiger partial charge in [0.1, 0.15) is 10.6 Å². The van der Waals surface area contributed by atoms with Crippen LogP contribution in [0.2, 0.25) is 10.0 Å². The molecule has 1 fully saturated rings. The minimum atomic E-state index is -4.65. The van der Waals surface area contributed by atoms with E-state index >= 15 is 0 Å². The van der Waals surface area contributed by atoms with Crippen LogP contribution in [0.5, 0.6) is 5.75 Å². The highest BCUT2D eigenvalue weighted by molar-refractivity contribution is 7.89. The Hall–Kier alpha value is -2.01. The highest BCUT2D eigenvalue weighted by Crippen LogP contribution is 2.37. The standard InChI is InChI=1S/C21H21Cl2F3N2O4S/c1-2-32-18-6-3-14(22)11-19(18)33(30,31)28-9-7-13(8-10-28)20(29)27-15-4-5-17(23)16(12-15)21(24,25)26/h3-6,11-13H,2,7-10H2,1H3,(H,27,29). The topological polar surface area (TPSA) is 75.7 Å². The van der Waals surface area contributed by atoms with E-state index in [0.29, 0.717) is 0 Å². The Bertz CT molecular complexity index is 1130. The number of ether oxygens (including phenoxy) is 1. The molecule has 1 N–H and O–H groups in total. The Kier molecular flexibility index (Phi) is 7.83. The summed E-state index contributed by atoms with van der Waals surface area (Å²) in [7, 11) is -3.92. The number of nitrogens with one attached hydrogen (secondary N) is 1. The van der Waals surface area contributed by atoms with Crippen molar-refractivity contribution in [1.29, 1.82) is 0 Å². The van der Waals surface area contributed by atoms with Crippen LogP contribution in [0.4, 0.5) is 18.9 Å². The third-order valence-corrected chi connectivity index (χ3v) is 7.67. The van der Waals surface area contributed by atoms with Crippen molar-refractivity contribution < 1.29 is 31.1 Å². The zero-order valence-corrected chi connectivity index (χ0v) is 19.8. The number of halogens is 5. The maximum atomic E-state index is 13.1. The molecule has 1 aliphatic rings. The fourth-order valence-electron chi connectivity index (χ4n) is 3.52. The summed E-state index contributed by atoms with van der Waals surface area (Å²) >= 11 is 11.6. The zero-order chi connectivity index (χ0) is 24.4. The third kappa shape index (κ3) is 5.92. The predicted octanol–water partition coefficient (Wildman–Crippen LogP) is 5.45. The first-order valence-electron chi connectivity index (χ1n) is 10.0. The van der Waals surface area contributed by atoms with Crippen LogP contribution in [-0.4, -0.2) is 38.3 Å². The van der Waals surface area contributed by atoms with Gasteiger partial charge in [-0.3, -0.25) is 4.79 Å². The molecule has 1 heterocycles. The molecule has 0 radical (unpaired) electrons. The fraction of sp³-hybridized carbons (Fsp3) is 0.381. The lowest BCUT2D eigenvalue weighted by atomic mass is 9.97. The van der Waals surface area contributed by atoms with Crippen molar-refractivity contribution in [2.45, 2.75) is 30.8 Å². The predicted molar refractivity (Wildman–Crippen MR) is 119 cm³/mol. The van der Waals surface area contributed by atoms with Crippen molar-refractivity contribution >= 4 is 44.8 Å². The van der Waals surface area contributed by atoms with Gasteiger partial charge in [-0.1, -0.05) is 23.2 Å². The van der Waals surface area contributed by atoms with E-state index in [4.69, 9.17) is 27.9 Å². The van der Waals surface area contributed by atoms with Crippen molar-refractivity contribution in [3.05, 3.63) is 52.0 Å². The van der Waals surface area contributed by atoms with Gasteiger partial charge in [0.15, 0.2) is 0 Å². The highest BCUT2D eigenvalue weighted by atomic mass is 35.5. The molecule has 180 valence electrons. The lowest BCUT2D eigenvalue weighted by Gasteiger charge is -2.31. The van der Waals surface area contributed by atoms with Crippen molar-refractivity contribution in [2.24, 2.45) is 5.92 Å². The molecule has 0 aromatic heterocycles. The van der Waals surface area contributed by atoms with Crippen molar-refractivity contribution in [3.63, 3.8) is 0 Å². The molecule has 3 rings (SSSR count). The number of rotatable bonds is 6. The molecular formula is C21H21Cl2F3N2O4S. The first-order chi connectivity index (χ1) is 15.4. The van der Waals surface area contributed by atoms with Crippen molar-refractivity contribution in [2.75, 3.05) is 25.0 Å². The van der Waals surface area contributed by atoms with Crippen LogP contribution >= 0.6 is 23.2 Å². The smallest absolute Gasteiger partial charge is 0.417 e. The van der Waals surface area contributed by atoms with Gasteiger partial charge in [-0.25, -0.2) is 8.42 Å². The van der Waals surface area contributed by atoms with E-state index in [1.54, 1.807) is 6.92 Å². The molecule has 2 aromatic rings. The number of piperidine rings is 1. The van der Waals surface area contributed by atoms with Gasteiger partial charge < -0.3 is 10.1 Å². The molecule has 33 heavy (non-hydrogen) atoms. The molecule has 2 aromatic carbocycles. The van der Waals surface area contributed by atoms with E-state index in [1.807, 2.05) is 0 Å². The molecule has 0 atom stereocenters. The van der Waals surface area contributed by atoms with E-state index in [0.717, 1.165) is 12.1 Å². The van der Waals surface area contributed by atoms with Gasteiger partial charge in [-0.15, -0.1) is 0 Å². The third-order valence-electron chi connectivity index (χ3n) is 5.19. The Labute approximate surface area is 199 Å². The molecule has 1 amide bonds. The van der Waals surface area contributed by atoms with Crippen molar-refractivity contribution in [1.82, 2.24) is 4.31 Å². The minimum Gasteiger partial charge on any atom is -0.492 e. The molecular weight excluding hydrogens is 504 g/mol. The summed E-state index contributed by atoms with van der Waals surface area (Å²) in [6.45, 7) is 2.13. The van der Waals surface area contributed by atoms with Crippen LogP contribution in [-0.2, 0) is 21.0 Å². The van der Waals surface area contributed by atoms with Gasteiger partial charge in [0.05, 0.1) is 17.2 Å². The quantitative estimate of drug-likeness (QED) is 0.545. The summed E-state index contributed by atoms with van der Waals surface area (Å²) in [5.74, 6) is -0.864. The summed E-state index contributed by atoms with van der Waals surface area (Å²) in [6, 6.07) is 7.45. The summed E-state index contributed by atoms with van der Waals surface area (Å²) in [4.78, 5) is 12.5. The molecule has 1 saturated heterocycles. The van der Waals surface area contributed by atoms with E-state index in [1.165, 1.54) is 28.6 Å². The number of hydrogen-bond donors (Lipinski definition) is 1. The largest absolute Gasteiger partial charge is 0.492 e. The highest BCUT2D eigenvalue weighted by Gasteiger charge is 2.35. The maximum absolute atomic E-state index is 13.1. The van der Waals surface area contributed by atoms with E-state index in [9.17, 15) is 26.4 Å². The molecule has 0 bridgehead atoms. The van der Waals surface area contributed by atoms with Crippen molar-refractivity contribution in [3.8, 4) is 5.75 Å². The van der Waals surface area contributed by atoms with Crippen LogP contribution in [0.15, 0.2) is 41.3 Å². The number of amides is 1. The monoisotopic (exact) mass is 524 g/mol. The number of alkyl halides is 3. The fourth-order valence-corrected chi connectivity index (χ4v) is 5.61. The molecule has 0 saturated carbocycles. The second-order valence-electron chi connectivity index (χ2n) is 7.38. The van der Waals surface area contributed by atoms with Gasteiger partial charge in [-0.2, -0.15) is 17.5 Å². The number of anilines is 1. The number of carbonyl (C=O) groups is 1. The zero-order valence-electron chi connectivity index (χ0n) is 17.5. The second kappa shape index (κ2) is 10.1. The van der Waals surface area contributed by atoms with E-state index in [-0.39, 0.29) is 53.9 Å². The summed E-state index contributed by atoms with van der Waals surface area (Å²) < 4.78 is 72.1. The number of carbonyl (C=O) groups excluding carboxylic acids is 1. The average molecular weight is 525 g/mol. The SMILES string of the molecule is CCOc1ccc(Cl)cc1S(=O)(=O)N1CCC(C(=O)Nc2ccc(Cl)c(C(F)(F)F)c2)CC1. The first-order valence-corrected chi connectivity index (χ1v) is 12.2. The van der Waals surface area contributed by atoms with Crippen LogP contribution in [0.3, 0.4) is 0 Å². The molecule has 6 nitrogen and oxygen atoms in total. The Morgan fingerprint density at radius 2 is 1.82 bits per heavy atom. The second-order valence-corrected chi connectivity index (χ2v) is 10.1. The first kappa shape index (κ1) is 25.6. The summed E-state index contributed by atoms with van der Waals surface area (Å²) in [5.41, 5.74) is -1.08.